The first kappa shape index (κ1) is 16.5. The standard InChI is InChI=1S/C17H17F4N/c1-16(2,3)12-6-7-22-13(10-12)8-11-4-5-14(15(18)9-11)17(19,20)21/h4-7,9-10H,8H2,1-3H3. The second-order valence-corrected chi connectivity index (χ2v) is 6.27. The van der Waals surface area contributed by atoms with Crippen LogP contribution >= 0.6 is 0 Å². The molecule has 1 aromatic heterocycles. The van der Waals surface area contributed by atoms with E-state index in [9.17, 15) is 17.6 Å². The zero-order valence-electron chi connectivity index (χ0n) is 12.6. The monoisotopic (exact) mass is 311 g/mol. The lowest BCUT2D eigenvalue weighted by atomic mass is 9.87. The molecule has 2 rings (SSSR count). The van der Waals surface area contributed by atoms with Gasteiger partial charge in [-0.25, -0.2) is 4.39 Å². The molecule has 22 heavy (non-hydrogen) atoms. The van der Waals surface area contributed by atoms with Gasteiger partial charge < -0.3 is 0 Å². The summed E-state index contributed by atoms with van der Waals surface area (Å²) in [5, 5.41) is 0. The highest BCUT2D eigenvalue weighted by atomic mass is 19.4. The third kappa shape index (κ3) is 3.84. The molecule has 0 aliphatic heterocycles. The Bertz CT molecular complexity index is 669. The highest BCUT2D eigenvalue weighted by molar-refractivity contribution is 5.31. The van der Waals surface area contributed by atoms with Crippen molar-refractivity contribution in [2.24, 2.45) is 0 Å². The van der Waals surface area contributed by atoms with Gasteiger partial charge in [0.1, 0.15) is 5.82 Å². The van der Waals surface area contributed by atoms with Gasteiger partial charge in [-0.1, -0.05) is 26.8 Å². The molecule has 0 atom stereocenters. The van der Waals surface area contributed by atoms with E-state index in [4.69, 9.17) is 0 Å². The van der Waals surface area contributed by atoms with Crippen molar-refractivity contribution in [3.8, 4) is 0 Å². The number of benzene rings is 1. The fourth-order valence-electron chi connectivity index (χ4n) is 2.15. The third-order valence-corrected chi connectivity index (χ3v) is 3.41. The molecule has 0 aliphatic carbocycles. The Morgan fingerprint density at radius 1 is 1.00 bits per heavy atom. The summed E-state index contributed by atoms with van der Waals surface area (Å²) in [5.74, 6) is -1.25. The Morgan fingerprint density at radius 3 is 2.23 bits per heavy atom. The van der Waals surface area contributed by atoms with Crippen molar-refractivity contribution in [2.75, 3.05) is 0 Å². The number of halogens is 4. The van der Waals surface area contributed by atoms with Crippen LogP contribution in [0.4, 0.5) is 17.6 Å². The molecule has 0 N–H and O–H groups in total. The molecule has 5 heteroatoms. The van der Waals surface area contributed by atoms with Gasteiger partial charge in [0.15, 0.2) is 0 Å². The summed E-state index contributed by atoms with van der Waals surface area (Å²) in [5.41, 5.74) is 0.941. The Morgan fingerprint density at radius 2 is 1.68 bits per heavy atom. The van der Waals surface area contributed by atoms with Crippen molar-refractivity contribution >= 4 is 0 Å². The second kappa shape index (κ2) is 5.71. The van der Waals surface area contributed by atoms with E-state index in [1.807, 2.05) is 12.1 Å². The van der Waals surface area contributed by atoms with Crippen LogP contribution in [0.15, 0.2) is 36.5 Å². The first-order chi connectivity index (χ1) is 10.1. The van der Waals surface area contributed by atoms with Gasteiger partial charge in [0.25, 0.3) is 0 Å². The van der Waals surface area contributed by atoms with E-state index in [1.54, 1.807) is 6.20 Å². The van der Waals surface area contributed by atoms with E-state index in [1.165, 1.54) is 6.07 Å². The molecule has 0 radical (unpaired) electrons. The molecule has 2 aromatic rings. The van der Waals surface area contributed by atoms with Crippen molar-refractivity contribution in [1.82, 2.24) is 4.98 Å². The Kier molecular flexibility index (Phi) is 4.27. The number of pyridine rings is 1. The van der Waals surface area contributed by atoms with E-state index in [0.29, 0.717) is 17.7 Å². The van der Waals surface area contributed by atoms with Crippen LogP contribution in [-0.2, 0) is 18.0 Å². The van der Waals surface area contributed by atoms with Gasteiger partial charge >= 0.3 is 6.18 Å². The van der Waals surface area contributed by atoms with Crippen molar-refractivity contribution in [3.63, 3.8) is 0 Å². The van der Waals surface area contributed by atoms with E-state index >= 15 is 0 Å². The molecule has 0 saturated carbocycles. The lowest BCUT2D eigenvalue weighted by Crippen LogP contribution is -2.12. The maximum Gasteiger partial charge on any atom is 0.419 e. The largest absolute Gasteiger partial charge is 0.419 e. The molecule has 0 saturated heterocycles. The zero-order chi connectivity index (χ0) is 16.5. The predicted octanol–water partition coefficient (Wildman–Crippen LogP) is 5.13. The van der Waals surface area contributed by atoms with Gasteiger partial charge in [-0.05, 0) is 40.8 Å². The highest BCUT2D eigenvalue weighted by Gasteiger charge is 2.33. The second-order valence-electron chi connectivity index (χ2n) is 6.27. The third-order valence-electron chi connectivity index (χ3n) is 3.41. The van der Waals surface area contributed by atoms with E-state index < -0.39 is 17.6 Å². The van der Waals surface area contributed by atoms with Crippen LogP contribution in [0.3, 0.4) is 0 Å². The Balaban J connectivity index is 2.27. The number of nitrogens with zero attached hydrogens (tertiary/aromatic N) is 1. The maximum atomic E-state index is 13.6. The van der Waals surface area contributed by atoms with Crippen molar-refractivity contribution < 1.29 is 17.6 Å². The SMILES string of the molecule is CC(C)(C)c1ccnc(Cc2ccc(C(F)(F)F)c(F)c2)c1. The average Bonchev–Trinajstić information content (AvgIpc) is 2.36. The van der Waals surface area contributed by atoms with Crippen LogP contribution < -0.4 is 0 Å². The first-order valence-electron chi connectivity index (χ1n) is 6.88. The number of rotatable bonds is 2. The van der Waals surface area contributed by atoms with Crippen LogP contribution in [-0.4, -0.2) is 4.98 Å². The van der Waals surface area contributed by atoms with Crippen LogP contribution in [0.25, 0.3) is 0 Å². The molecule has 0 fully saturated rings. The van der Waals surface area contributed by atoms with Crippen molar-refractivity contribution in [1.29, 1.82) is 0 Å². The Hall–Kier alpha value is -1.91. The summed E-state index contributed by atoms with van der Waals surface area (Å²) in [6, 6.07) is 6.79. The van der Waals surface area contributed by atoms with Crippen LogP contribution in [0.1, 0.15) is 43.2 Å². The van der Waals surface area contributed by atoms with Crippen LogP contribution in [0.5, 0.6) is 0 Å². The molecule has 118 valence electrons. The Labute approximate surface area is 127 Å². The fourth-order valence-corrected chi connectivity index (χ4v) is 2.15. The smallest absolute Gasteiger partial charge is 0.261 e. The number of alkyl halides is 3. The van der Waals surface area contributed by atoms with Gasteiger partial charge in [-0.2, -0.15) is 13.2 Å². The molecule has 1 nitrogen and oxygen atoms in total. The summed E-state index contributed by atoms with van der Waals surface area (Å²) in [7, 11) is 0. The normalized spacial score (nSPS) is 12.5. The van der Waals surface area contributed by atoms with E-state index in [0.717, 1.165) is 17.7 Å². The van der Waals surface area contributed by atoms with Crippen LogP contribution in [0, 0.1) is 5.82 Å². The fraction of sp³-hybridized carbons (Fsp3) is 0.353. The molecule has 0 spiro atoms. The zero-order valence-corrected chi connectivity index (χ0v) is 12.6. The maximum absolute atomic E-state index is 13.6. The molecule has 0 amide bonds. The molecule has 0 unspecified atom stereocenters. The highest BCUT2D eigenvalue weighted by Crippen LogP contribution is 2.32. The number of hydrogen-bond acceptors (Lipinski definition) is 1. The van der Waals surface area contributed by atoms with Gasteiger partial charge in [-0.3, -0.25) is 4.98 Å². The van der Waals surface area contributed by atoms with Crippen molar-refractivity contribution in [3.05, 3.63) is 64.7 Å². The van der Waals surface area contributed by atoms with Gasteiger partial charge in [0.05, 0.1) is 5.56 Å². The molecule has 0 bridgehead atoms. The topological polar surface area (TPSA) is 12.9 Å². The van der Waals surface area contributed by atoms with Gasteiger partial charge in [0.2, 0.25) is 0 Å². The van der Waals surface area contributed by atoms with Crippen LogP contribution in [0.2, 0.25) is 0 Å². The molecule has 1 aromatic carbocycles. The first-order valence-corrected chi connectivity index (χ1v) is 6.88. The van der Waals surface area contributed by atoms with Gasteiger partial charge in [0, 0.05) is 18.3 Å². The van der Waals surface area contributed by atoms with E-state index in [2.05, 4.69) is 25.8 Å². The quantitative estimate of drug-likeness (QED) is 0.701. The molecular weight excluding hydrogens is 294 g/mol. The summed E-state index contributed by atoms with van der Waals surface area (Å²) in [6.45, 7) is 6.18. The summed E-state index contributed by atoms with van der Waals surface area (Å²) in [6.07, 6.45) is -2.72. The number of hydrogen-bond donors (Lipinski definition) is 0. The van der Waals surface area contributed by atoms with Gasteiger partial charge in [-0.15, -0.1) is 0 Å². The summed E-state index contributed by atoms with van der Waals surface area (Å²) < 4.78 is 51.2. The minimum Gasteiger partial charge on any atom is -0.261 e. The molecular formula is C17H17F4N. The van der Waals surface area contributed by atoms with Crippen molar-refractivity contribution in [2.45, 2.75) is 38.8 Å². The average molecular weight is 311 g/mol. The predicted molar refractivity (Wildman–Crippen MR) is 77.1 cm³/mol. The lowest BCUT2D eigenvalue weighted by molar-refractivity contribution is -0.140. The molecule has 1 heterocycles. The minimum absolute atomic E-state index is 0.0525. The van der Waals surface area contributed by atoms with E-state index in [-0.39, 0.29) is 5.41 Å². The lowest BCUT2D eigenvalue weighted by Gasteiger charge is -2.19. The summed E-state index contributed by atoms with van der Waals surface area (Å²) >= 11 is 0. The summed E-state index contributed by atoms with van der Waals surface area (Å²) in [4.78, 5) is 4.20. The molecule has 0 aliphatic rings. The number of aromatic nitrogens is 1. The minimum atomic E-state index is -4.67.